The van der Waals surface area contributed by atoms with Gasteiger partial charge in [-0.15, -0.1) is 0 Å². The number of ketones is 1. The van der Waals surface area contributed by atoms with Crippen LogP contribution >= 0.6 is 0 Å². The first-order chi connectivity index (χ1) is 10.8. The summed E-state index contributed by atoms with van der Waals surface area (Å²) in [5.41, 5.74) is 0.418. The van der Waals surface area contributed by atoms with Crippen LogP contribution in [0.4, 0.5) is 0 Å². The van der Waals surface area contributed by atoms with E-state index in [0.29, 0.717) is 12.1 Å². The number of hydrogen-bond acceptors (Lipinski definition) is 5. The molecule has 0 aromatic rings. The van der Waals surface area contributed by atoms with Gasteiger partial charge in [0.25, 0.3) is 5.91 Å². The van der Waals surface area contributed by atoms with E-state index in [1.54, 1.807) is 13.8 Å². The van der Waals surface area contributed by atoms with Gasteiger partial charge in [-0.3, -0.25) is 14.5 Å². The van der Waals surface area contributed by atoms with Crippen LogP contribution in [0.15, 0.2) is 11.3 Å². The summed E-state index contributed by atoms with van der Waals surface area (Å²) in [5.74, 6) is -1.70. The number of allylic oxidation sites excluding steroid dienone is 1. The molecule has 1 amide bonds. The van der Waals surface area contributed by atoms with Gasteiger partial charge in [-0.25, -0.2) is 4.79 Å². The number of β-lactam (4-membered cyclic amide) rings is 1. The van der Waals surface area contributed by atoms with E-state index >= 15 is 0 Å². The molecule has 7 heteroatoms. The third-order valence-corrected chi connectivity index (χ3v) is 3.56. The highest BCUT2D eigenvalue weighted by Gasteiger charge is 2.51. The first-order valence-corrected chi connectivity index (χ1v) is 7.89. The molecule has 1 aliphatic rings. The summed E-state index contributed by atoms with van der Waals surface area (Å²) in [6, 6.07) is -0.611. The van der Waals surface area contributed by atoms with Crippen LogP contribution in [0.5, 0.6) is 0 Å². The van der Waals surface area contributed by atoms with Crippen molar-refractivity contribution in [2.75, 3.05) is 13.2 Å². The molecule has 0 aromatic heterocycles. The summed E-state index contributed by atoms with van der Waals surface area (Å²) in [4.78, 5) is 36.0. The summed E-state index contributed by atoms with van der Waals surface area (Å²) < 4.78 is 5.47. The zero-order valence-corrected chi connectivity index (χ0v) is 14.2. The number of aliphatic carboxylic acids is 1. The van der Waals surface area contributed by atoms with Crippen molar-refractivity contribution in [2.45, 2.75) is 59.2 Å². The van der Waals surface area contributed by atoms with Crippen molar-refractivity contribution in [2.24, 2.45) is 0 Å². The van der Waals surface area contributed by atoms with E-state index in [1.165, 1.54) is 6.92 Å². The molecule has 2 N–H and O–H groups in total. The van der Waals surface area contributed by atoms with E-state index < -0.39 is 18.2 Å². The fourth-order valence-corrected chi connectivity index (χ4v) is 2.45. The summed E-state index contributed by atoms with van der Waals surface area (Å²) in [6.07, 6.45) is 2.27. The molecule has 0 aromatic carbocycles. The molecular weight excluding hydrogens is 300 g/mol. The van der Waals surface area contributed by atoms with Crippen LogP contribution in [0, 0.1) is 0 Å². The van der Waals surface area contributed by atoms with Gasteiger partial charge in [0.2, 0.25) is 0 Å². The number of Topliss-reactive ketones (excluding diaryl/α,β-unsaturated/α-hetero) is 1. The average Bonchev–Trinajstić information content (AvgIpc) is 2.46. The summed E-state index contributed by atoms with van der Waals surface area (Å²) in [5, 5.41) is 12.4. The number of carbonyl (C=O) groups is 3. The van der Waals surface area contributed by atoms with Crippen molar-refractivity contribution in [3.8, 4) is 0 Å². The molecule has 0 aliphatic carbocycles. The number of carboxylic acid groups (broad SMARTS) is 1. The van der Waals surface area contributed by atoms with Crippen molar-refractivity contribution in [1.29, 1.82) is 0 Å². The highest BCUT2D eigenvalue weighted by Crippen LogP contribution is 2.28. The van der Waals surface area contributed by atoms with Crippen LogP contribution in [0.3, 0.4) is 0 Å². The zero-order chi connectivity index (χ0) is 17.6. The molecule has 1 aliphatic heterocycles. The molecule has 130 valence electrons. The second kappa shape index (κ2) is 8.79. The first kappa shape index (κ1) is 19.3. The Morgan fingerprint density at radius 3 is 2.39 bits per heavy atom. The number of carboxylic acids is 1. The molecule has 7 nitrogen and oxygen atoms in total. The van der Waals surface area contributed by atoms with Crippen molar-refractivity contribution >= 4 is 17.7 Å². The number of nitrogens with zero attached hydrogens (tertiary/aromatic N) is 1. The second-order valence-electron chi connectivity index (χ2n) is 5.90. The van der Waals surface area contributed by atoms with Crippen LogP contribution in [-0.2, 0) is 19.1 Å². The number of likely N-dealkylation sites (tertiary alicyclic amines) is 1. The number of nitrogens with one attached hydrogen (secondary N) is 1. The summed E-state index contributed by atoms with van der Waals surface area (Å²) >= 11 is 0. The molecule has 1 fully saturated rings. The minimum absolute atomic E-state index is 0.0878. The number of carbonyl (C=O) groups excluding carboxylic acids is 2. The number of unbranched alkanes of at least 4 members (excludes halogenated alkanes) is 2. The van der Waals surface area contributed by atoms with Gasteiger partial charge >= 0.3 is 5.97 Å². The lowest BCUT2D eigenvalue weighted by molar-refractivity contribution is -0.181. The molecule has 0 saturated carbocycles. The summed E-state index contributed by atoms with van der Waals surface area (Å²) in [6.45, 7) is 7.21. The minimum Gasteiger partial charge on any atom is -0.477 e. The van der Waals surface area contributed by atoms with E-state index in [1.807, 2.05) is 0 Å². The van der Waals surface area contributed by atoms with Gasteiger partial charge in [-0.2, -0.15) is 0 Å². The topological polar surface area (TPSA) is 95.9 Å². The molecule has 0 spiro atoms. The highest BCUT2D eigenvalue weighted by molar-refractivity contribution is 5.99. The molecule has 23 heavy (non-hydrogen) atoms. The Labute approximate surface area is 136 Å². The standard InChI is InChI=1S/C16H26N2O5/c1-5-6-7-8-17-12-14(20)18(13(10(2)3)16(21)22)15(12)23-9-11(4)19/h12,15,17H,5-9H2,1-4H3,(H,21,22)/t12-,15?/m1/s1. The highest BCUT2D eigenvalue weighted by atomic mass is 16.5. The summed E-state index contributed by atoms with van der Waals surface area (Å²) in [7, 11) is 0. The second-order valence-corrected chi connectivity index (χ2v) is 5.90. The van der Waals surface area contributed by atoms with Gasteiger partial charge in [-0.1, -0.05) is 19.8 Å². The first-order valence-electron chi connectivity index (χ1n) is 7.89. The average molecular weight is 326 g/mol. The molecule has 1 unspecified atom stereocenters. The predicted octanol–water partition coefficient (Wildman–Crippen LogP) is 1.29. The van der Waals surface area contributed by atoms with E-state index in [4.69, 9.17) is 4.74 Å². The fourth-order valence-electron chi connectivity index (χ4n) is 2.45. The predicted molar refractivity (Wildman–Crippen MR) is 84.6 cm³/mol. The van der Waals surface area contributed by atoms with E-state index in [0.717, 1.165) is 24.2 Å². The molecule has 1 saturated heterocycles. The van der Waals surface area contributed by atoms with E-state index in [2.05, 4.69) is 12.2 Å². The quantitative estimate of drug-likeness (QED) is 0.357. The van der Waals surface area contributed by atoms with Gasteiger partial charge in [0.1, 0.15) is 18.3 Å². The van der Waals surface area contributed by atoms with Gasteiger partial charge in [0.05, 0.1) is 0 Å². The lowest BCUT2D eigenvalue weighted by Crippen LogP contribution is -2.71. The molecule has 1 rings (SSSR count). The maximum atomic E-state index is 12.3. The van der Waals surface area contributed by atoms with Crippen molar-refractivity contribution in [3.05, 3.63) is 11.3 Å². The fraction of sp³-hybridized carbons (Fsp3) is 0.688. The van der Waals surface area contributed by atoms with Crippen LogP contribution in [0.25, 0.3) is 0 Å². The van der Waals surface area contributed by atoms with Gasteiger partial charge < -0.3 is 15.2 Å². The van der Waals surface area contributed by atoms with Crippen molar-refractivity contribution in [3.63, 3.8) is 0 Å². The Kier molecular flexibility index (Phi) is 7.38. The third-order valence-electron chi connectivity index (χ3n) is 3.56. The molecule has 0 radical (unpaired) electrons. The monoisotopic (exact) mass is 326 g/mol. The minimum atomic E-state index is -1.18. The number of ether oxygens (including phenoxy) is 1. The van der Waals surface area contributed by atoms with Gasteiger partial charge in [0, 0.05) is 0 Å². The maximum Gasteiger partial charge on any atom is 0.352 e. The normalized spacial score (nSPS) is 20.2. The van der Waals surface area contributed by atoms with Gasteiger partial charge in [-0.05, 0) is 39.3 Å². The molecule has 2 atom stereocenters. The van der Waals surface area contributed by atoms with E-state index in [9.17, 15) is 19.5 Å². The number of hydrogen-bond donors (Lipinski definition) is 2. The van der Waals surface area contributed by atoms with Gasteiger partial charge in [0.15, 0.2) is 12.0 Å². The SMILES string of the molecule is CCCCCN[C@@H]1C(=O)N(C(C(=O)O)=C(C)C)C1OCC(C)=O. The Morgan fingerprint density at radius 1 is 1.26 bits per heavy atom. The maximum absolute atomic E-state index is 12.3. The van der Waals surface area contributed by atoms with Crippen LogP contribution in [-0.4, -0.2) is 53.1 Å². The Morgan fingerprint density at radius 2 is 1.91 bits per heavy atom. The van der Waals surface area contributed by atoms with Crippen molar-refractivity contribution < 1.29 is 24.2 Å². The lowest BCUT2D eigenvalue weighted by atomic mass is 10.0. The largest absolute Gasteiger partial charge is 0.477 e. The Balaban J connectivity index is 2.85. The Bertz CT molecular complexity index is 497. The Hall–Kier alpha value is -1.73. The van der Waals surface area contributed by atoms with Crippen LogP contribution in [0.1, 0.15) is 47.0 Å². The van der Waals surface area contributed by atoms with Crippen LogP contribution in [0.2, 0.25) is 0 Å². The van der Waals surface area contributed by atoms with Crippen LogP contribution < -0.4 is 5.32 Å². The molecular formula is C16H26N2O5. The lowest BCUT2D eigenvalue weighted by Gasteiger charge is -2.46. The number of amides is 1. The zero-order valence-electron chi connectivity index (χ0n) is 14.2. The van der Waals surface area contributed by atoms with E-state index in [-0.39, 0.29) is 24.0 Å². The smallest absolute Gasteiger partial charge is 0.352 e. The molecule has 0 bridgehead atoms. The van der Waals surface area contributed by atoms with Crippen molar-refractivity contribution in [1.82, 2.24) is 10.2 Å². The molecule has 1 heterocycles. The third kappa shape index (κ3) is 4.87. The number of rotatable bonds is 10.